The van der Waals surface area contributed by atoms with E-state index in [0.29, 0.717) is 12.2 Å². The van der Waals surface area contributed by atoms with Crippen LogP contribution in [0, 0.1) is 5.41 Å². The summed E-state index contributed by atoms with van der Waals surface area (Å²) in [5.74, 6) is -0.841. The van der Waals surface area contributed by atoms with Crippen LogP contribution in [-0.2, 0) is 4.79 Å². The number of hydrogen-bond donors (Lipinski definition) is 2. The van der Waals surface area contributed by atoms with Crippen molar-refractivity contribution in [1.29, 1.82) is 0 Å². The molecule has 0 saturated heterocycles. The Bertz CT molecular complexity index is 411. The number of carbonyl (C=O) groups is 1. The largest absolute Gasteiger partial charge is 0.480 e. The molecule has 0 unspecified atom stereocenters. The summed E-state index contributed by atoms with van der Waals surface area (Å²) in [5.41, 5.74) is 7.48. The predicted molar refractivity (Wildman–Crippen MR) is 74.8 cm³/mol. The van der Waals surface area contributed by atoms with Crippen molar-refractivity contribution in [3.05, 3.63) is 24.3 Å². The lowest BCUT2D eigenvalue weighted by Crippen LogP contribution is -2.33. The minimum atomic E-state index is -0.841. The van der Waals surface area contributed by atoms with Crippen molar-refractivity contribution in [2.24, 2.45) is 5.41 Å². The van der Waals surface area contributed by atoms with Crippen molar-refractivity contribution in [3.63, 3.8) is 0 Å². The number of nitrogens with zero attached hydrogens (tertiary/aromatic N) is 1. The Kier molecular flexibility index (Phi) is 4.59. The first-order chi connectivity index (χ1) is 8.29. The normalized spacial score (nSPS) is 11.3. The smallest absolute Gasteiger partial charge is 0.323 e. The Labute approximate surface area is 108 Å². The highest BCUT2D eigenvalue weighted by atomic mass is 16.4. The summed E-state index contributed by atoms with van der Waals surface area (Å²) in [4.78, 5) is 12.8. The van der Waals surface area contributed by atoms with E-state index in [0.717, 1.165) is 12.1 Å². The third kappa shape index (κ3) is 4.65. The number of rotatable bonds is 5. The number of aliphatic carboxylic acids is 1. The summed E-state index contributed by atoms with van der Waals surface area (Å²) >= 11 is 0. The molecule has 1 rings (SSSR count). The zero-order valence-corrected chi connectivity index (χ0v) is 11.3. The fraction of sp³-hybridized carbons (Fsp3) is 0.500. The van der Waals surface area contributed by atoms with Gasteiger partial charge in [0.05, 0.1) is 11.4 Å². The molecule has 0 aliphatic rings. The van der Waals surface area contributed by atoms with Crippen LogP contribution in [0.15, 0.2) is 24.3 Å². The second-order valence-corrected chi connectivity index (χ2v) is 5.68. The van der Waals surface area contributed by atoms with Crippen LogP contribution in [0.5, 0.6) is 0 Å². The molecule has 0 radical (unpaired) electrons. The van der Waals surface area contributed by atoms with Gasteiger partial charge in [0.25, 0.3) is 0 Å². The van der Waals surface area contributed by atoms with Crippen LogP contribution in [0.2, 0.25) is 0 Å². The first-order valence-electron chi connectivity index (χ1n) is 6.11. The van der Waals surface area contributed by atoms with Gasteiger partial charge in [-0.1, -0.05) is 32.9 Å². The standard InChI is InChI=1S/C14H22N2O2/c1-14(2,3)8-9-16(10-13(17)18)12-7-5-4-6-11(12)15/h4-7H,8-10,15H2,1-3H3,(H,17,18). The Morgan fingerprint density at radius 3 is 2.44 bits per heavy atom. The van der Waals surface area contributed by atoms with Crippen molar-refractivity contribution < 1.29 is 9.90 Å². The predicted octanol–water partition coefficient (Wildman–Crippen LogP) is 2.60. The molecular formula is C14H22N2O2. The molecule has 0 fully saturated rings. The van der Waals surface area contributed by atoms with Crippen molar-refractivity contribution >= 4 is 17.3 Å². The van der Waals surface area contributed by atoms with Crippen LogP contribution < -0.4 is 10.6 Å². The molecule has 4 nitrogen and oxygen atoms in total. The first kappa shape index (κ1) is 14.4. The molecule has 0 aliphatic heterocycles. The number of para-hydroxylation sites is 2. The van der Waals surface area contributed by atoms with Crippen LogP contribution >= 0.6 is 0 Å². The minimum absolute atomic E-state index is 0.0235. The molecular weight excluding hydrogens is 228 g/mol. The van der Waals surface area contributed by atoms with Gasteiger partial charge in [0.1, 0.15) is 6.54 Å². The van der Waals surface area contributed by atoms with Gasteiger partial charge in [0, 0.05) is 6.54 Å². The molecule has 0 spiro atoms. The SMILES string of the molecule is CC(C)(C)CCN(CC(=O)O)c1ccccc1N. The van der Waals surface area contributed by atoms with Gasteiger partial charge >= 0.3 is 5.97 Å². The molecule has 3 N–H and O–H groups in total. The third-order valence-electron chi connectivity index (χ3n) is 2.74. The average molecular weight is 250 g/mol. The van der Waals surface area contributed by atoms with Gasteiger partial charge in [-0.25, -0.2) is 0 Å². The van der Waals surface area contributed by atoms with Crippen LogP contribution in [-0.4, -0.2) is 24.2 Å². The highest BCUT2D eigenvalue weighted by Gasteiger charge is 2.17. The van der Waals surface area contributed by atoms with Gasteiger partial charge in [0.15, 0.2) is 0 Å². The Hall–Kier alpha value is -1.71. The van der Waals surface area contributed by atoms with Crippen molar-refractivity contribution in [1.82, 2.24) is 0 Å². The summed E-state index contributed by atoms with van der Waals surface area (Å²) in [6.07, 6.45) is 0.911. The lowest BCUT2D eigenvalue weighted by Gasteiger charge is -2.28. The van der Waals surface area contributed by atoms with E-state index in [-0.39, 0.29) is 12.0 Å². The second-order valence-electron chi connectivity index (χ2n) is 5.68. The molecule has 0 aromatic heterocycles. The molecule has 18 heavy (non-hydrogen) atoms. The van der Waals surface area contributed by atoms with E-state index in [1.165, 1.54) is 0 Å². The molecule has 0 bridgehead atoms. The zero-order chi connectivity index (χ0) is 13.8. The summed E-state index contributed by atoms with van der Waals surface area (Å²) in [5, 5.41) is 8.98. The van der Waals surface area contributed by atoms with Crippen LogP contribution in [0.4, 0.5) is 11.4 Å². The number of benzene rings is 1. The third-order valence-corrected chi connectivity index (χ3v) is 2.74. The molecule has 0 saturated carbocycles. The van der Waals surface area contributed by atoms with E-state index in [1.807, 2.05) is 23.1 Å². The van der Waals surface area contributed by atoms with E-state index in [4.69, 9.17) is 10.8 Å². The summed E-state index contributed by atoms with van der Waals surface area (Å²) in [6.45, 7) is 7.08. The van der Waals surface area contributed by atoms with Gasteiger partial charge in [-0.3, -0.25) is 4.79 Å². The van der Waals surface area contributed by atoms with Crippen molar-refractivity contribution in [3.8, 4) is 0 Å². The summed E-state index contributed by atoms with van der Waals surface area (Å²) < 4.78 is 0. The van der Waals surface area contributed by atoms with Crippen LogP contribution in [0.1, 0.15) is 27.2 Å². The molecule has 0 aliphatic carbocycles. The lowest BCUT2D eigenvalue weighted by atomic mass is 9.92. The van der Waals surface area contributed by atoms with Crippen LogP contribution in [0.3, 0.4) is 0 Å². The highest BCUT2D eigenvalue weighted by Crippen LogP contribution is 2.25. The van der Waals surface area contributed by atoms with Gasteiger partial charge in [0.2, 0.25) is 0 Å². The number of nitrogens with two attached hydrogens (primary N) is 1. The molecule has 1 aromatic rings. The maximum absolute atomic E-state index is 10.9. The Balaban J connectivity index is 2.85. The van der Waals surface area contributed by atoms with Crippen molar-refractivity contribution in [2.45, 2.75) is 27.2 Å². The van der Waals surface area contributed by atoms with E-state index in [1.54, 1.807) is 6.07 Å². The van der Waals surface area contributed by atoms with E-state index in [2.05, 4.69) is 20.8 Å². The zero-order valence-electron chi connectivity index (χ0n) is 11.3. The van der Waals surface area contributed by atoms with E-state index in [9.17, 15) is 4.79 Å². The molecule has 0 atom stereocenters. The molecule has 0 amide bonds. The second kappa shape index (κ2) is 5.76. The molecule has 4 heteroatoms. The number of anilines is 2. The number of carboxylic acids is 1. The fourth-order valence-electron chi connectivity index (χ4n) is 1.69. The number of nitrogen functional groups attached to an aromatic ring is 1. The topological polar surface area (TPSA) is 66.6 Å². The Morgan fingerprint density at radius 1 is 1.33 bits per heavy atom. The molecule has 100 valence electrons. The van der Waals surface area contributed by atoms with Gasteiger partial charge in [-0.2, -0.15) is 0 Å². The van der Waals surface area contributed by atoms with Crippen LogP contribution in [0.25, 0.3) is 0 Å². The maximum atomic E-state index is 10.9. The van der Waals surface area contributed by atoms with Crippen molar-refractivity contribution in [2.75, 3.05) is 23.7 Å². The maximum Gasteiger partial charge on any atom is 0.323 e. The summed E-state index contributed by atoms with van der Waals surface area (Å²) in [6, 6.07) is 7.38. The molecule has 0 heterocycles. The Morgan fingerprint density at radius 2 is 1.94 bits per heavy atom. The monoisotopic (exact) mass is 250 g/mol. The fourth-order valence-corrected chi connectivity index (χ4v) is 1.69. The van der Waals surface area contributed by atoms with Gasteiger partial charge < -0.3 is 15.7 Å². The van der Waals surface area contributed by atoms with Gasteiger partial charge in [-0.15, -0.1) is 0 Å². The van der Waals surface area contributed by atoms with E-state index >= 15 is 0 Å². The van der Waals surface area contributed by atoms with Gasteiger partial charge in [-0.05, 0) is 24.0 Å². The minimum Gasteiger partial charge on any atom is -0.480 e. The van der Waals surface area contributed by atoms with E-state index < -0.39 is 5.97 Å². The lowest BCUT2D eigenvalue weighted by molar-refractivity contribution is -0.135. The quantitative estimate of drug-likeness (QED) is 0.788. The first-order valence-corrected chi connectivity index (χ1v) is 6.11. The average Bonchev–Trinajstić information content (AvgIpc) is 2.23. The number of carboxylic acid groups (broad SMARTS) is 1. The highest BCUT2D eigenvalue weighted by molar-refractivity contribution is 5.77. The summed E-state index contributed by atoms with van der Waals surface area (Å²) in [7, 11) is 0. The number of hydrogen-bond acceptors (Lipinski definition) is 3. The molecule has 1 aromatic carbocycles.